The Balaban J connectivity index is 4.95. The Morgan fingerprint density at radius 1 is 0.395 bits per heavy atom. The van der Waals surface area contributed by atoms with Gasteiger partial charge in [-0.3, -0.25) is 18.6 Å². The maximum atomic E-state index is 13.6. The number of nitrogens with zero attached hydrogens (tertiary/aromatic N) is 1. The number of carbonyl (C=O) groups is 2. The largest absolute Gasteiger partial charge is 0.472 e. The third kappa shape index (κ3) is 66.9. The summed E-state index contributed by atoms with van der Waals surface area (Å²) < 4.78 is 30.9. The van der Waals surface area contributed by atoms with E-state index >= 15 is 0 Å². The highest BCUT2D eigenvalue weighted by atomic mass is 31.2. The van der Waals surface area contributed by atoms with Crippen molar-refractivity contribution < 1.29 is 37.3 Å². The minimum atomic E-state index is -4.45. The molecule has 0 saturated carbocycles. The molecule has 0 aromatic rings. The molecule has 0 fully saturated rings. The number of allylic oxidation sites excluding steroid dienone is 3. The second kappa shape index (κ2) is 66.4. The van der Waals surface area contributed by atoms with Gasteiger partial charge in [-0.1, -0.05) is 354 Å². The highest BCUT2D eigenvalue weighted by molar-refractivity contribution is 7.47. The van der Waals surface area contributed by atoms with Gasteiger partial charge < -0.3 is 19.4 Å². The van der Waals surface area contributed by atoms with Crippen molar-refractivity contribution in [2.24, 2.45) is 0 Å². The number of carbonyl (C=O) groups excluding carboxylic acids is 2. The Hall–Kier alpha value is -1.51. The zero-order valence-corrected chi connectivity index (χ0v) is 59.5. The number of hydrogen-bond donors (Lipinski definition) is 2. The Kier molecular flexibility index (Phi) is 65.2. The topological polar surface area (TPSA) is 111 Å². The van der Waals surface area contributed by atoms with Crippen LogP contribution in [0.3, 0.4) is 0 Å². The number of phosphoric acid groups is 1. The monoisotopic (exact) mass is 1230 g/mol. The lowest BCUT2D eigenvalue weighted by molar-refractivity contribution is -0.870. The molecule has 3 atom stereocenters. The first-order chi connectivity index (χ1) is 41.9. The normalized spacial score (nSPS) is 13.5. The van der Waals surface area contributed by atoms with E-state index in [9.17, 15) is 19.0 Å². The molecular weight excluding hydrogens is 1080 g/mol. The van der Waals surface area contributed by atoms with Crippen molar-refractivity contribution in [1.29, 1.82) is 0 Å². The van der Waals surface area contributed by atoms with Crippen molar-refractivity contribution in [2.75, 3.05) is 40.9 Å². The van der Waals surface area contributed by atoms with Crippen molar-refractivity contribution in [3.05, 3.63) is 24.3 Å². The first-order valence-corrected chi connectivity index (χ1v) is 39.7. The Bertz CT molecular complexity index is 1520. The highest BCUT2D eigenvalue weighted by Gasteiger charge is 2.30. The van der Waals surface area contributed by atoms with E-state index in [1.807, 2.05) is 27.2 Å². The van der Waals surface area contributed by atoms with Crippen LogP contribution in [0, 0.1) is 0 Å². The van der Waals surface area contributed by atoms with E-state index in [0.29, 0.717) is 23.9 Å². The molecular formula is C76H150N2O7P+. The number of amides is 1. The molecule has 510 valence electrons. The first kappa shape index (κ1) is 84.5. The molecule has 0 aliphatic heterocycles. The molecule has 2 N–H and O–H groups in total. The van der Waals surface area contributed by atoms with Crippen LogP contribution < -0.4 is 5.32 Å². The fraction of sp³-hybridized carbons (Fsp3) is 0.921. The molecule has 0 aliphatic rings. The van der Waals surface area contributed by atoms with Gasteiger partial charge in [-0.2, -0.15) is 0 Å². The van der Waals surface area contributed by atoms with Crippen molar-refractivity contribution in [1.82, 2.24) is 5.32 Å². The number of hydrogen-bond acceptors (Lipinski definition) is 6. The smallest absolute Gasteiger partial charge is 0.456 e. The van der Waals surface area contributed by atoms with E-state index in [0.717, 1.165) is 57.8 Å². The molecule has 1 amide bonds. The SMILES string of the molecule is CCCCCCCC/C=C/CCCCCCCCCCCCCCCC(=O)NC(COP(=O)(O)OCC[N+](C)(C)C)C(/C=C/CCCCCCCCCCCC)OC(=O)CCCCCCCCCCCCCCCCCCCCCCCCCCC. The van der Waals surface area contributed by atoms with Gasteiger partial charge in [0.15, 0.2) is 0 Å². The summed E-state index contributed by atoms with van der Waals surface area (Å²) in [5, 5.41) is 3.08. The van der Waals surface area contributed by atoms with Crippen LogP contribution in [0.4, 0.5) is 0 Å². The van der Waals surface area contributed by atoms with Crippen LogP contribution >= 0.6 is 7.82 Å². The maximum Gasteiger partial charge on any atom is 0.472 e. The van der Waals surface area contributed by atoms with Gasteiger partial charge in [0.25, 0.3) is 0 Å². The van der Waals surface area contributed by atoms with Crippen LogP contribution in [0.5, 0.6) is 0 Å². The third-order valence-electron chi connectivity index (χ3n) is 17.6. The van der Waals surface area contributed by atoms with Gasteiger partial charge in [0.05, 0.1) is 33.8 Å². The predicted octanol–water partition coefficient (Wildman–Crippen LogP) is 24.4. The molecule has 0 aromatic carbocycles. The summed E-state index contributed by atoms with van der Waals surface area (Å²) in [4.78, 5) is 38.0. The van der Waals surface area contributed by atoms with E-state index in [2.05, 4.69) is 44.3 Å². The molecule has 0 bridgehead atoms. The lowest BCUT2D eigenvalue weighted by Gasteiger charge is -2.27. The van der Waals surface area contributed by atoms with Gasteiger partial charge >= 0.3 is 13.8 Å². The molecule has 0 aromatic heterocycles. The van der Waals surface area contributed by atoms with Crippen LogP contribution in [0.2, 0.25) is 0 Å². The van der Waals surface area contributed by atoms with Gasteiger partial charge in [-0.05, 0) is 57.4 Å². The summed E-state index contributed by atoms with van der Waals surface area (Å²) in [5.74, 6) is -0.479. The quantitative estimate of drug-likeness (QED) is 0.0205. The molecule has 10 heteroatoms. The summed E-state index contributed by atoms with van der Waals surface area (Å²) in [5.41, 5.74) is 0. The molecule has 0 aliphatic carbocycles. The predicted molar refractivity (Wildman–Crippen MR) is 374 cm³/mol. The second-order valence-electron chi connectivity index (χ2n) is 27.5. The van der Waals surface area contributed by atoms with Crippen LogP contribution in [0.25, 0.3) is 0 Å². The summed E-state index contributed by atoms with van der Waals surface area (Å²) in [6.45, 7) is 7.09. The minimum absolute atomic E-state index is 0.0446. The molecule has 9 nitrogen and oxygen atoms in total. The number of phosphoric ester groups is 1. The standard InChI is InChI=1S/C76H149N2O7P/c1-7-10-13-16-19-22-25-28-30-32-34-36-38-39-41-43-45-47-49-51-54-57-60-63-66-69-76(80)85-74(67-64-61-58-55-52-27-24-21-18-15-12-9-3)73(72-84-86(81,82)83-71-70-78(4,5)6)77-75(79)68-65-62-59-56-53-50-48-46-44-42-40-37-35-33-31-29-26-23-20-17-14-11-8-2/h29,31,64,67,73-74H,7-28,30,32-63,65-66,68-72H2,1-6H3,(H-,77,79,81,82)/p+1/b31-29+,67-64+. The number of esters is 1. The number of ether oxygens (including phenoxy) is 1. The maximum absolute atomic E-state index is 13.6. The first-order valence-electron chi connectivity index (χ1n) is 38.2. The van der Waals surface area contributed by atoms with E-state index in [1.54, 1.807) is 0 Å². The molecule has 0 saturated heterocycles. The Morgan fingerprint density at radius 2 is 0.674 bits per heavy atom. The molecule has 0 heterocycles. The lowest BCUT2D eigenvalue weighted by atomic mass is 10.0. The average Bonchev–Trinajstić information content (AvgIpc) is 3.66. The molecule has 86 heavy (non-hydrogen) atoms. The summed E-state index contributed by atoms with van der Waals surface area (Å²) in [6, 6.07) is -0.844. The molecule has 0 rings (SSSR count). The number of quaternary nitrogens is 1. The second-order valence-corrected chi connectivity index (χ2v) is 29.0. The van der Waals surface area contributed by atoms with E-state index < -0.39 is 20.0 Å². The fourth-order valence-electron chi connectivity index (χ4n) is 11.8. The third-order valence-corrected chi connectivity index (χ3v) is 18.6. The molecule has 3 unspecified atom stereocenters. The summed E-state index contributed by atoms with van der Waals surface area (Å²) in [6.07, 6.45) is 82.1. The van der Waals surface area contributed by atoms with Gasteiger partial charge in [0, 0.05) is 12.8 Å². The fourth-order valence-corrected chi connectivity index (χ4v) is 12.5. The van der Waals surface area contributed by atoms with Crippen LogP contribution in [0.15, 0.2) is 24.3 Å². The van der Waals surface area contributed by atoms with Crippen molar-refractivity contribution in [3.63, 3.8) is 0 Å². The van der Waals surface area contributed by atoms with Crippen molar-refractivity contribution >= 4 is 19.7 Å². The zero-order chi connectivity index (χ0) is 62.8. The molecule has 0 spiro atoms. The molecule has 0 radical (unpaired) electrons. The Labute approximate surface area is 536 Å². The lowest BCUT2D eigenvalue weighted by Crippen LogP contribution is -2.47. The summed E-state index contributed by atoms with van der Waals surface area (Å²) in [7, 11) is 1.52. The van der Waals surface area contributed by atoms with Crippen LogP contribution in [-0.2, 0) is 27.9 Å². The summed E-state index contributed by atoms with van der Waals surface area (Å²) >= 11 is 0. The minimum Gasteiger partial charge on any atom is -0.456 e. The van der Waals surface area contributed by atoms with Crippen molar-refractivity contribution in [3.8, 4) is 0 Å². The van der Waals surface area contributed by atoms with E-state index in [1.165, 1.54) is 308 Å². The Morgan fingerprint density at radius 3 is 0.988 bits per heavy atom. The average molecular weight is 1240 g/mol. The van der Waals surface area contributed by atoms with Crippen LogP contribution in [0.1, 0.15) is 400 Å². The number of rotatable bonds is 71. The highest BCUT2D eigenvalue weighted by Crippen LogP contribution is 2.43. The zero-order valence-electron chi connectivity index (χ0n) is 58.6. The van der Waals surface area contributed by atoms with Gasteiger partial charge in [0.2, 0.25) is 5.91 Å². The van der Waals surface area contributed by atoms with E-state index in [4.69, 9.17) is 13.8 Å². The van der Waals surface area contributed by atoms with Crippen LogP contribution in [-0.4, -0.2) is 74.3 Å². The van der Waals surface area contributed by atoms with E-state index in [-0.39, 0.29) is 25.1 Å². The van der Waals surface area contributed by atoms with Gasteiger partial charge in [0.1, 0.15) is 19.3 Å². The number of unbranched alkanes of at least 4 members (excludes halogenated alkanes) is 53. The van der Waals surface area contributed by atoms with Gasteiger partial charge in [-0.25, -0.2) is 4.57 Å². The van der Waals surface area contributed by atoms with Crippen molar-refractivity contribution in [2.45, 2.75) is 412 Å². The number of nitrogens with one attached hydrogen (secondary N) is 1. The number of likely N-dealkylation sites (N-methyl/N-ethyl adjacent to an activating group) is 1. The van der Waals surface area contributed by atoms with Gasteiger partial charge in [-0.15, -0.1) is 0 Å².